The third-order valence-electron chi connectivity index (χ3n) is 12.8. The van der Waals surface area contributed by atoms with Crippen LogP contribution in [0.5, 0.6) is 23.1 Å². The Morgan fingerprint density at radius 2 is 1.68 bits per heavy atom. The topological polar surface area (TPSA) is 141 Å². The molecule has 0 amide bonds. The van der Waals surface area contributed by atoms with E-state index in [1.54, 1.807) is 43.6 Å². The lowest BCUT2D eigenvalue weighted by Crippen LogP contribution is -2.49. The number of benzene rings is 3. The van der Waals surface area contributed by atoms with E-state index in [4.69, 9.17) is 51.9 Å². The Morgan fingerprint density at radius 3 is 2.39 bits per heavy atom. The Kier molecular flexibility index (Phi) is 13.9. The molecule has 1 aliphatic carbocycles. The molecule has 0 radical (unpaired) electrons. The largest absolute Gasteiger partial charge is 0.490 e. The second kappa shape index (κ2) is 20.0. The molecule has 10 rings (SSSR count). The molecule has 3 aliphatic heterocycles. The number of thiophene rings is 1. The fraction of sp³-hybridized carbons (Fsp3) is 0.408. The van der Waals surface area contributed by atoms with Gasteiger partial charge in [0.05, 0.1) is 27.2 Å². The first kappa shape index (κ1) is 46.0. The van der Waals surface area contributed by atoms with Crippen LogP contribution in [0.15, 0.2) is 61.1 Å². The van der Waals surface area contributed by atoms with Crippen LogP contribution in [0, 0.1) is 19.7 Å². The number of hydrogen-bond donors (Lipinski definition) is 1. The van der Waals surface area contributed by atoms with Crippen LogP contribution in [0.2, 0.25) is 10.0 Å². The molecule has 6 aromatic rings. The molecule has 1 saturated heterocycles. The van der Waals surface area contributed by atoms with E-state index in [1.807, 2.05) is 19.9 Å². The molecule has 2 atom stereocenters. The first-order valence-corrected chi connectivity index (χ1v) is 23.7. The summed E-state index contributed by atoms with van der Waals surface area (Å²) in [5.74, 6) is 0.668. The summed E-state index contributed by atoms with van der Waals surface area (Å²) in [4.78, 5) is 37.9. The highest BCUT2D eigenvalue weighted by atomic mass is 35.5. The maximum Gasteiger partial charge on any atom is 0.345 e. The van der Waals surface area contributed by atoms with Crippen molar-refractivity contribution in [2.45, 2.75) is 76.8 Å². The fourth-order valence-electron chi connectivity index (χ4n) is 9.11. The summed E-state index contributed by atoms with van der Waals surface area (Å²) in [6, 6.07) is 13.3. The molecule has 0 spiro atoms. The van der Waals surface area contributed by atoms with Crippen LogP contribution in [0.1, 0.15) is 59.8 Å². The molecule has 4 bridgehead atoms. The fourth-order valence-corrected chi connectivity index (χ4v) is 10.8. The number of aromatic nitrogens is 4. The third kappa shape index (κ3) is 9.78. The van der Waals surface area contributed by atoms with Crippen LogP contribution < -0.4 is 18.9 Å². The lowest BCUT2D eigenvalue weighted by atomic mass is 9.87. The SMILES string of the molecule is COC1CCC(c2nccc(COc3ccc4cc3C[C@H](C(=O)O)Oc3ncnc5sc(-c6ccc(F)cc6)c(c35)-c3c(C)c(Cl)c(c(Cl)c3C)O[C@H](CN3CCN(C)CC3)CO4)n2)CC1. The number of carbonyl (C=O) groups is 1. The molecule has 346 valence electrons. The minimum atomic E-state index is -1.45. The molecule has 13 nitrogen and oxygen atoms in total. The van der Waals surface area contributed by atoms with Crippen LogP contribution >= 0.6 is 34.5 Å². The minimum absolute atomic E-state index is 0.0397. The lowest BCUT2D eigenvalue weighted by molar-refractivity contribution is -0.145. The van der Waals surface area contributed by atoms with E-state index in [0.29, 0.717) is 88.0 Å². The molecule has 6 heterocycles. The number of halogens is 3. The molecule has 2 fully saturated rings. The van der Waals surface area contributed by atoms with Crippen molar-refractivity contribution >= 4 is 50.7 Å². The van der Waals surface area contributed by atoms with Crippen molar-refractivity contribution < 1.29 is 38.0 Å². The van der Waals surface area contributed by atoms with E-state index in [0.717, 1.165) is 57.7 Å². The smallest absolute Gasteiger partial charge is 0.345 e. The zero-order valence-electron chi connectivity index (χ0n) is 37.2. The van der Waals surface area contributed by atoms with Gasteiger partial charge in [-0.25, -0.2) is 29.1 Å². The molecule has 66 heavy (non-hydrogen) atoms. The minimum Gasteiger partial charge on any atom is -0.490 e. The van der Waals surface area contributed by atoms with E-state index < -0.39 is 24.0 Å². The number of rotatable bonds is 9. The summed E-state index contributed by atoms with van der Waals surface area (Å²) >= 11 is 16.0. The van der Waals surface area contributed by atoms with Crippen LogP contribution in [-0.2, 0) is 22.6 Å². The van der Waals surface area contributed by atoms with Crippen molar-refractivity contribution in [3.63, 3.8) is 0 Å². The van der Waals surface area contributed by atoms with Gasteiger partial charge in [-0.1, -0.05) is 35.3 Å². The van der Waals surface area contributed by atoms with Gasteiger partial charge in [-0.05, 0) is 105 Å². The van der Waals surface area contributed by atoms with Crippen LogP contribution in [0.25, 0.3) is 31.8 Å². The summed E-state index contributed by atoms with van der Waals surface area (Å²) in [7, 11) is 3.86. The Labute approximate surface area is 396 Å². The quantitative estimate of drug-likeness (QED) is 0.147. The van der Waals surface area contributed by atoms with Crippen molar-refractivity contribution in [1.82, 2.24) is 29.7 Å². The molecular formula is C49H51Cl2FN6O7S. The molecular weight excluding hydrogens is 907 g/mol. The van der Waals surface area contributed by atoms with Gasteiger partial charge in [0.25, 0.3) is 0 Å². The number of nitrogens with zero attached hydrogens (tertiary/aromatic N) is 6. The summed E-state index contributed by atoms with van der Waals surface area (Å²) in [5.41, 5.74) is 4.53. The Bertz CT molecular complexity index is 2700. The summed E-state index contributed by atoms with van der Waals surface area (Å²) in [6.07, 6.45) is 5.05. The number of fused-ring (bicyclic) bond motifs is 7. The predicted octanol–water partition coefficient (Wildman–Crippen LogP) is 9.59. The number of likely N-dealkylation sites (N-methyl/N-ethyl adjacent to an activating group) is 1. The standard InChI is InChI=1S/C49H51Cl2FN6O7S/c1-27-39-28(2)43(51)44(42(27)50)64-36(23-58-19-17-57(3)18-20-58)25-62-35-13-14-37(63-24-33-15-16-53-46(56-33)30-7-11-34(61-4)12-8-30)31(21-35)22-38(49(59)60)65-47-41-40(39)45(66-48(41)55-26-54-47)29-5-9-32(52)10-6-29/h5-6,9-10,13-16,21,26,30,34,36,38H,7-8,11-12,17-20,22-25H2,1-4H3,(H,59,60)/t30?,34?,36-,38-/m1/s1. The van der Waals surface area contributed by atoms with Gasteiger partial charge in [0.1, 0.15) is 53.6 Å². The number of hydrogen-bond acceptors (Lipinski definition) is 13. The molecule has 1 saturated carbocycles. The number of carboxylic acid groups (broad SMARTS) is 1. The van der Waals surface area contributed by atoms with Crippen molar-refractivity contribution in [1.29, 1.82) is 0 Å². The third-order valence-corrected chi connectivity index (χ3v) is 14.9. The average Bonchev–Trinajstić information content (AvgIpc) is 3.71. The van der Waals surface area contributed by atoms with Crippen molar-refractivity contribution in [2.75, 3.05) is 53.5 Å². The van der Waals surface area contributed by atoms with E-state index in [9.17, 15) is 14.3 Å². The van der Waals surface area contributed by atoms with E-state index in [1.165, 1.54) is 29.8 Å². The maximum absolute atomic E-state index is 14.4. The lowest BCUT2D eigenvalue weighted by Gasteiger charge is -2.35. The van der Waals surface area contributed by atoms with Gasteiger partial charge < -0.3 is 33.7 Å². The van der Waals surface area contributed by atoms with Crippen LogP contribution in [-0.4, -0.2) is 113 Å². The first-order chi connectivity index (χ1) is 31.9. The van der Waals surface area contributed by atoms with Gasteiger partial charge in [0.15, 0.2) is 5.75 Å². The number of piperazine rings is 1. The predicted molar refractivity (Wildman–Crippen MR) is 252 cm³/mol. The number of carboxylic acids is 1. The monoisotopic (exact) mass is 956 g/mol. The molecule has 17 heteroatoms. The Balaban J connectivity index is 1.14. The zero-order valence-corrected chi connectivity index (χ0v) is 39.5. The van der Waals surface area contributed by atoms with E-state index in [2.05, 4.69) is 31.8 Å². The van der Waals surface area contributed by atoms with Crippen molar-refractivity contribution in [3.05, 3.63) is 105 Å². The first-order valence-electron chi connectivity index (χ1n) is 22.2. The van der Waals surface area contributed by atoms with Gasteiger partial charge in [0, 0.05) is 74.4 Å². The normalized spacial score (nSPS) is 20.6. The highest BCUT2D eigenvalue weighted by molar-refractivity contribution is 7.22. The van der Waals surface area contributed by atoms with Gasteiger partial charge in [-0.3, -0.25) is 4.90 Å². The van der Waals surface area contributed by atoms with Crippen LogP contribution in [0.4, 0.5) is 4.39 Å². The van der Waals surface area contributed by atoms with E-state index >= 15 is 0 Å². The Morgan fingerprint density at radius 1 is 0.939 bits per heavy atom. The van der Waals surface area contributed by atoms with E-state index in [-0.39, 0.29) is 37.5 Å². The van der Waals surface area contributed by atoms with Gasteiger partial charge in [0.2, 0.25) is 12.0 Å². The second-order valence-electron chi connectivity index (χ2n) is 17.2. The average molecular weight is 958 g/mol. The molecule has 3 aromatic heterocycles. The van der Waals surface area contributed by atoms with Crippen LogP contribution in [0.3, 0.4) is 0 Å². The molecule has 1 N–H and O–H groups in total. The molecule has 3 aromatic carbocycles. The second-order valence-corrected chi connectivity index (χ2v) is 19.0. The molecule has 4 aliphatic rings. The highest BCUT2D eigenvalue weighted by Gasteiger charge is 2.32. The summed E-state index contributed by atoms with van der Waals surface area (Å²) in [5, 5.41) is 11.9. The van der Waals surface area contributed by atoms with Gasteiger partial charge >= 0.3 is 5.97 Å². The Hall–Kier alpha value is -5.16. The number of aliphatic carboxylic acids is 1. The van der Waals surface area contributed by atoms with Crippen molar-refractivity contribution in [2.24, 2.45) is 0 Å². The van der Waals surface area contributed by atoms with Gasteiger partial charge in [-0.15, -0.1) is 11.3 Å². The maximum atomic E-state index is 14.4. The zero-order chi connectivity index (χ0) is 46.1. The number of ether oxygens (including phenoxy) is 5. The summed E-state index contributed by atoms with van der Waals surface area (Å²) < 4.78 is 46.3. The number of methoxy groups -OCH3 is 1. The van der Waals surface area contributed by atoms with Gasteiger partial charge in [-0.2, -0.15) is 0 Å². The highest BCUT2D eigenvalue weighted by Crippen LogP contribution is 2.53. The van der Waals surface area contributed by atoms with Crippen molar-refractivity contribution in [3.8, 4) is 44.7 Å². The molecule has 0 unspecified atom stereocenters. The summed E-state index contributed by atoms with van der Waals surface area (Å²) in [6.45, 7) is 8.03.